The number of anilines is 1. The second-order valence-electron chi connectivity index (χ2n) is 6.21. The number of aryl methyl sites for hydroxylation is 1. The minimum Gasteiger partial charge on any atom is -0.478 e. The van der Waals surface area contributed by atoms with Gasteiger partial charge in [0, 0.05) is 0 Å². The van der Waals surface area contributed by atoms with Crippen LogP contribution in [0.3, 0.4) is 0 Å². The molecule has 1 saturated carbocycles. The summed E-state index contributed by atoms with van der Waals surface area (Å²) in [5.41, 5.74) is 11.5. The monoisotopic (exact) mass is 333 g/mol. The first-order valence-corrected chi connectivity index (χ1v) is 7.88. The number of carboxylic acids is 1. The molecule has 0 radical (unpaired) electrons. The number of nitrogens with two attached hydrogens (primary N) is 2. The van der Waals surface area contributed by atoms with Crippen LogP contribution in [-0.4, -0.2) is 28.7 Å². The van der Waals surface area contributed by atoms with Crippen molar-refractivity contribution in [1.29, 1.82) is 0 Å². The number of nitrogens with zero attached hydrogens (tertiary/aromatic N) is 3. The van der Waals surface area contributed by atoms with E-state index >= 15 is 0 Å². The molecule has 5 N–H and O–H groups in total. The van der Waals surface area contributed by atoms with E-state index in [1.165, 1.54) is 6.07 Å². The topological polar surface area (TPSA) is 117 Å². The van der Waals surface area contributed by atoms with E-state index in [2.05, 4.69) is 9.98 Å². The first kappa shape index (κ1) is 16.2. The minimum absolute atomic E-state index is 0.0422. The Labute approximate surface area is 138 Å². The van der Waals surface area contributed by atoms with E-state index in [-0.39, 0.29) is 17.6 Å². The van der Waals surface area contributed by atoms with Crippen molar-refractivity contribution in [3.8, 4) is 0 Å². The van der Waals surface area contributed by atoms with E-state index in [0.717, 1.165) is 25.3 Å². The second kappa shape index (κ2) is 5.77. The molecule has 8 heteroatoms. The molecule has 3 rings (SSSR count). The van der Waals surface area contributed by atoms with E-state index in [1.54, 1.807) is 11.8 Å². The molecule has 0 saturated heterocycles. The van der Waals surface area contributed by atoms with Gasteiger partial charge in [-0.1, -0.05) is 12.5 Å². The minimum atomic E-state index is -1.35. The molecule has 2 aliphatic rings. The van der Waals surface area contributed by atoms with E-state index in [0.29, 0.717) is 18.4 Å². The van der Waals surface area contributed by atoms with Crippen molar-refractivity contribution in [3.05, 3.63) is 29.1 Å². The molecule has 1 aromatic carbocycles. The number of hydrogen-bond acceptors (Lipinski definition) is 6. The lowest BCUT2D eigenvalue weighted by Crippen LogP contribution is -2.59. The third-order valence-electron chi connectivity index (χ3n) is 4.62. The smallest absolute Gasteiger partial charge is 0.340 e. The van der Waals surface area contributed by atoms with Crippen LogP contribution < -0.4 is 16.4 Å². The molecule has 0 aromatic heterocycles. The number of benzene rings is 1. The van der Waals surface area contributed by atoms with Crippen molar-refractivity contribution in [3.63, 3.8) is 0 Å². The summed E-state index contributed by atoms with van der Waals surface area (Å²) in [6.45, 7) is 1.71. The molecular weight excluding hydrogens is 313 g/mol. The molecule has 1 aromatic rings. The van der Waals surface area contributed by atoms with Crippen LogP contribution in [0.2, 0.25) is 0 Å². The van der Waals surface area contributed by atoms with Crippen molar-refractivity contribution in [2.75, 3.05) is 4.90 Å². The lowest BCUT2D eigenvalue weighted by Gasteiger charge is -2.46. The lowest BCUT2D eigenvalue weighted by atomic mass is 9.86. The summed E-state index contributed by atoms with van der Waals surface area (Å²) in [4.78, 5) is 21.7. The summed E-state index contributed by atoms with van der Waals surface area (Å²) in [5, 5.41) is 9.52. The number of aromatic carboxylic acids is 1. The zero-order chi connectivity index (χ0) is 17.5. The summed E-state index contributed by atoms with van der Waals surface area (Å²) in [5.74, 6) is -2.06. The molecule has 1 aliphatic carbocycles. The summed E-state index contributed by atoms with van der Waals surface area (Å²) in [7, 11) is 0. The van der Waals surface area contributed by atoms with Gasteiger partial charge in [-0.25, -0.2) is 14.2 Å². The lowest BCUT2D eigenvalue weighted by molar-refractivity contribution is 0.0692. The molecule has 7 nitrogen and oxygen atoms in total. The van der Waals surface area contributed by atoms with E-state index < -0.39 is 23.0 Å². The molecule has 0 unspecified atom stereocenters. The summed E-state index contributed by atoms with van der Waals surface area (Å²) < 4.78 is 14.2. The fraction of sp³-hybridized carbons (Fsp3) is 0.438. The highest BCUT2D eigenvalue weighted by atomic mass is 19.1. The number of rotatable bonds is 2. The third kappa shape index (κ3) is 2.47. The number of carboxylic acid groups (broad SMARTS) is 1. The van der Waals surface area contributed by atoms with Gasteiger partial charge in [0.1, 0.15) is 17.0 Å². The van der Waals surface area contributed by atoms with E-state index in [9.17, 15) is 14.3 Å². The average molecular weight is 333 g/mol. The van der Waals surface area contributed by atoms with Gasteiger partial charge in [-0.05, 0) is 44.2 Å². The number of aliphatic imine (C=N–C) groups is 2. The van der Waals surface area contributed by atoms with Crippen LogP contribution >= 0.6 is 0 Å². The first-order chi connectivity index (χ1) is 11.4. The Morgan fingerprint density at radius 1 is 1.29 bits per heavy atom. The highest BCUT2D eigenvalue weighted by Gasteiger charge is 2.44. The van der Waals surface area contributed by atoms with Crippen LogP contribution in [0.5, 0.6) is 0 Å². The molecule has 1 fully saturated rings. The standard InChI is InChI=1S/C16H20FN5O2/c1-9-5-6-10(17)11(13(23)24)12(9)22-15(19)20-14(18)21-16(22)7-3-2-4-8-16/h5-6H,2-4,7-8H2,1H3,(H,23,24)(H4,18,19,20,21). The number of halogens is 1. The van der Waals surface area contributed by atoms with Gasteiger partial charge in [0.05, 0.1) is 5.69 Å². The SMILES string of the molecule is Cc1ccc(F)c(C(=O)O)c1N1C(N)=NC(N)=NC12CCCCC2. The van der Waals surface area contributed by atoms with Crippen molar-refractivity contribution in [2.24, 2.45) is 21.5 Å². The highest BCUT2D eigenvalue weighted by molar-refractivity contribution is 6.09. The van der Waals surface area contributed by atoms with Crippen LogP contribution in [0.15, 0.2) is 22.1 Å². The quantitative estimate of drug-likeness (QED) is 0.764. The first-order valence-electron chi connectivity index (χ1n) is 7.88. The zero-order valence-corrected chi connectivity index (χ0v) is 13.4. The number of guanidine groups is 2. The summed E-state index contributed by atoms with van der Waals surface area (Å²) in [6.07, 6.45) is 4.16. The van der Waals surface area contributed by atoms with Gasteiger partial charge in [0.15, 0.2) is 0 Å². The molecule has 0 bridgehead atoms. The Hall–Kier alpha value is -2.64. The summed E-state index contributed by atoms with van der Waals surface area (Å²) in [6, 6.07) is 2.67. The zero-order valence-electron chi connectivity index (χ0n) is 13.4. The summed E-state index contributed by atoms with van der Waals surface area (Å²) >= 11 is 0. The number of hydrogen-bond donors (Lipinski definition) is 3. The maximum Gasteiger partial charge on any atom is 0.340 e. The van der Waals surface area contributed by atoms with Crippen molar-refractivity contribution in [1.82, 2.24) is 0 Å². The van der Waals surface area contributed by atoms with Gasteiger partial charge in [-0.2, -0.15) is 4.99 Å². The second-order valence-corrected chi connectivity index (χ2v) is 6.21. The van der Waals surface area contributed by atoms with Crippen LogP contribution in [0.4, 0.5) is 10.1 Å². The molecule has 24 heavy (non-hydrogen) atoms. The van der Waals surface area contributed by atoms with Crippen LogP contribution in [0.25, 0.3) is 0 Å². The molecular formula is C16H20FN5O2. The van der Waals surface area contributed by atoms with E-state index in [4.69, 9.17) is 11.5 Å². The number of carbonyl (C=O) groups is 1. The van der Waals surface area contributed by atoms with E-state index in [1.807, 2.05) is 0 Å². The van der Waals surface area contributed by atoms with Gasteiger partial charge in [0.25, 0.3) is 0 Å². The molecule has 1 heterocycles. The maximum atomic E-state index is 14.2. The Morgan fingerprint density at radius 2 is 1.96 bits per heavy atom. The van der Waals surface area contributed by atoms with Gasteiger partial charge in [-0.3, -0.25) is 4.90 Å². The van der Waals surface area contributed by atoms with Crippen molar-refractivity contribution < 1.29 is 14.3 Å². The largest absolute Gasteiger partial charge is 0.478 e. The molecule has 1 spiro atoms. The van der Waals surface area contributed by atoms with Crippen molar-refractivity contribution in [2.45, 2.75) is 44.7 Å². The fourth-order valence-corrected chi connectivity index (χ4v) is 3.61. The Kier molecular flexibility index (Phi) is 3.90. The molecule has 1 aliphatic heterocycles. The van der Waals surface area contributed by atoms with Crippen LogP contribution in [-0.2, 0) is 0 Å². The molecule has 128 valence electrons. The molecule has 0 amide bonds. The average Bonchev–Trinajstić information content (AvgIpc) is 2.50. The van der Waals surface area contributed by atoms with Gasteiger partial charge < -0.3 is 16.6 Å². The predicted octanol–water partition coefficient (Wildman–Crippen LogP) is 1.94. The van der Waals surface area contributed by atoms with Gasteiger partial charge >= 0.3 is 5.97 Å². The Morgan fingerprint density at radius 3 is 2.58 bits per heavy atom. The van der Waals surface area contributed by atoms with Crippen LogP contribution in [0.1, 0.15) is 48.0 Å². The van der Waals surface area contributed by atoms with Gasteiger partial charge in [0.2, 0.25) is 11.9 Å². The van der Waals surface area contributed by atoms with Crippen LogP contribution in [0, 0.1) is 12.7 Å². The van der Waals surface area contributed by atoms with Gasteiger partial charge in [-0.15, -0.1) is 0 Å². The van der Waals surface area contributed by atoms with Crippen molar-refractivity contribution >= 4 is 23.6 Å². The fourth-order valence-electron chi connectivity index (χ4n) is 3.61. The normalized spacial score (nSPS) is 19.8. The Balaban J connectivity index is 2.25. The Bertz CT molecular complexity index is 753. The maximum absolute atomic E-state index is 14.2. The third-order valence-corrected chi connectivity index (χ3v) is 4.62. The highest BCUT2D eigenvalue weighted by Crippen LogP contribution is 2.42. The predicted molar refractivity (Wildman–Crippen MR) is 89.6 cm³/mol. The molecule has 0 atom stereocenters.